The predicted octanol–water partition coefficient (Wildman–Crippen LogP) is 3.54. The average Bonchev–Trinajstić information content (AvgIpc) is 2.67. The number of halogens is 1. The number of thiocarbonyl (C=S) groups is 1. The van der Waals surface area contributed by atoms with Gasteiger partial charge in [-0.2, -0.15) is 5.10 Å². The summed E-state index contributed by atoms with van der Waals surface area (Å²) in [6.45, 7) is 2.74. The fraction of sp³-hybridized carbons (Fsp3) is 0.263. The smallest absolute Gasteiger partial charge is 0.186 e. The van der Waals surface area contributed by atoms with Crippen LogP contribution in [0.25, 0.3) is 0 Å². The first-order valence-corrected chi connectivity index (χ1v) is 9.02. The lowest BCUT2D eigenvalue weighted by Gasteiger charge is -2.14. The highest BCUT2D eigenvalue weighted by Gasteiger charge is 2.11. The summed E-state index contributed by atoms with van der Waals surface area (Å²) in [7, 11) is 3.26. The van der Waals surface area contributed by atoms with E-state index >= 15 is 0 Å². The van der Waals surface area contributed by atoms with E-state index in [1.54, 1.807) is 32.5 Å². The van der Waals surface area contributed by atoms with Gasteiger partial charge in [-0.05, 0) is 49.0 Å². The van der Waals surface area contributed by atoms with Crippen LogP contribution >= 0.6 is 23.8 Å². The van der Waals surface area contributed by atoms with Crippen LogP contribution in [-0.4, -0.2) is 38.7 Å². The molecule has 0 atom stereocenters. The van der Waals surface area contributed by atoms with E-state index in [9.17, 15) is 0 Å². The van der Waals surface area contributed by atoms with Crippen LogP contribution in [0, 0.1) is 6.92 Å². The minimum Gasteiger partial charge on any atom is -0.493 e. The van der Waals surface area contributed by atoms with Crippen LogP contribution in [0.1, 0.15) is 11.1 Å². The van der Waals surface area contributed by atoms with Gasteiger partial charge in [-0.15, -0.1) is 0 Å². The van der Waals surface area contributed by atoms with Crippen molar-refractivity contribution in [2.24, 2.45) is 5.10 Å². The lowest BCUT2D eigenvalue weighted by Crippen LogP contribution is -2.28. The maximum Gasteiger partial charge on any atom is 0.186 e. The normalized spacial score (nSPS) is 10.5. The zero-order chi connectivity index (χ0) is 19.6. The summed E-state index contributed by atoms with van der Waals surface area (Å²) in [5.74, 6) is 1.76. The first-order chi connectivity index (χ1) is 13.0. The molecule has 0 heterocycles. The number of benzene rings is 2. The molecule has 0 aromatic heterocycles. The molecule has 0 saturated carbocycles. The molecule has 2 rings (SSSR count). The van der Waals surface area contributed by atoms with Crippen LogP contribution in [0.15, 0.2) is 41.5 Å². The van der Waals surface area contributed by atoms with Crippen LogP contribution in [-0.2, 0) is 0 Å². The Morgan fingerprint density at radius 2 is 1.89 bits per heavy atom. The largest absolute Gasteiger partial charge is 0.493 e. The molecular formula is C19H22ClN3O3S. The van der Waals surface area contributed by atoms with Crippen molar-refractivity contribution >= 4 is 35.1 Å². The lowest BCUT2D eigenvalue weighted by atomic mass is 10.2. The van der Waals surface area contributed by atoms with E-state index in [0.29, 0.717) is 34.8 Å². The van der Waals surface area contributed by atoms with E-state index in [-0.39, 0.29) is 0 Å². The zero-order valence-corrected chi connectivity index (χ0v) is 17.0. The Hall–Kier alpha value is -2.51. The van der Waals surface area contributed by atoms with E-state index < -0.39 is 0 Å². The molecule has 27 heavy (non-hydrogen) atoms. The number of hydrogen-bond donors (Lipinski definition) is 2. The monoisotopic (exact) mass is 407 g/mol. The van der Waals surface area contributed by atoms with Gasteiger partial charge in [-0.1, -0.05) is 29.3 Å². The van der Waals surface area contributed by atoms with E-state index in [1.165, 1.54) is 5.56 Å². The van der Waals surface area contributed by atoms with Crippen molar-refractivity contribution in [2.45, 2.75) is 6.92 Å². The molecule has 0 amide bonds. The molecule has 2 aromatic rings. The molecule has 0 bridgehead atoms. The number of ether oxygens (including phenoxy) is 3. The maximum atomic E-state index is 6.33. The Balaban J connectivity index is 1.95. The van der Waals surface area contributed by atoms with E-state index in [1.807, 2.05) is 31.2 Å². The summed E-state index contributed by atoms with van der Waals surface area (Å²) in [6, 6.07) is 11.3. The Morgan fingerprint density at radius 1 is 1.19 bits per heavy atom. The molecule has 0 aliphatic carbocycles. The van der Waals surface area contributed by atoms with Crippen molar-refractivity contribution in [1.29, 1.82) is 0 Å². The second-order valence-electron chi connectivity index (χ2n) is 5.49. The third-order valence-electron chi connectivity index (χ3n) is 3.48. The van der Waals surface area contributed by atoms with E-state index in [0.717, 1.165) is 11.3 Å². The van der Waals surface area contributed by atoms with Crippen LogP contribution in [0.5, 0.6) is 17.2 Å². The van der Waals surface area contributed by atoms with E-state index in [2.05, 4.69) is 15.8 Å². The fourth-order valence-electron chi connectivity index (χ4n) is 2.11. The highest BCUT2D eigenvalue weighted by atomic mass is 35.5. The van der Waals surface area contributed by atoms with Crippen LogP contribution in [0.4, 0.5) is 0 Å². The topological polar surface area (TPSA) is 64.1 Å². The summed E-state index contributed by atoms with van der Waals surface area (Å²) in [4.78, 5) is 0. The SMILES string of the molecule is CNC(=S)N/N=C/c1cc(Cl)c(OCCOc2ccc(C)cc2)c(OC)c1. The van der Waals surface area contributed by atoms with Gasteiger partial charge in [0.2, 0.25) is 0 Å². The highest BCUT2D eigenvalue weighted by Crippen LogP contribution is 2.36. The summed E-state index contributed by atoms with van der Waals surface area (Å²) in [6.07, 6.45) is 1.59. The van der Waals surface area contributed by atoms with Gasteiger partial charge in [0.1, 0.15) is 19.0 Å². The first kappa shape index (κ1) is 20.8. The van der Waals surface area contributed by atoms with Crippen molar-refractivity contribution < 1.29 is 14.2 Å². The third kappa shape index (κ3) is 6.62. The molecule has 0 radical (unpaired) electrons. The maximum absolute atomic E-state index is 6.33. The molecule has 0 spiro atoms. The molecule has 0 fully saturated rings. The van der Waals surface area contributed by atoms with Gasteiger partial charge in [0.05, 0.1) is 18.3 Å². The van der Waals surface area contributed by atoms with Gasteiger partial charge in [0.15, 0.2) is 16.6 Å². The van der Waals surface area contributed by atoms with Crippen molar-refractivity contribution in [3.63, 3.8) is 0 Å². The highest BCUT2D eigenvalue weighted by molar-refractivity contribution is 7.80. The third-order valence-corrected chi connectivity index (χ3v) is 4.05. The van der Waals surface area contributed by atoms with Gasteiger partial charge in [0.25, 0.3) is 0 Å². The zero-order valence-electron chi connectivity index (χ0n) is 15.4. The number of nitrogens with zero attached hydrogens (tertiary/aromatic N) is 1. The molecular weight excluding hydrogens is 386 g/mol. The number of methoxy groups -OCH3 is 1. The van der Waals surface area contributed by atoms with Crippen LogP contribution in [0.3, 0.4) is 0 Å². The molecule has 2 aromatic carbocycles. The Kier molecular flexibility index (Phi) is 8.16. The minimum absolute atomic E-state index is 0.329. The lowest BCUT2D eigenvalue weighted by molar-refractivity contribution is 0.211. The van der Waals surface area contributed by atoms with Crippen LogP contribution < -0.4 is 25.0 Å². The van der Waals surface area contributed by atoms with Gasteiger partial charge in [0, 0.05) is 7.05 Å². The second kappa shape index (κ2) is 10.6. The van der Waals surface area contributed by atoms with E-state index in [4.69, 9.17) is 38.0 Å². The number of rotatable bonds is 8. The van der Waals surface area contributed by atoms with Gasteiger partial charge in [-0.3, -0.25) is 5.43 Å². The van der Waals surface area contributed by atoms with Gasteiger partial charge in [-0.25, -0.2) is 0 Å². The van der Waals surface area contributed by atoms with Crippen molar-refractivity contribution in [3.05, 3.63) is 52.5 Å². The number of aryl methyl sites for hydroxylation is 1. The molecule has 144 valence electrons. The van der Waals surface area contributed by atoms with Crippen molar-refractivity contribution in [3.8, 4) is 17.2 Å². The van der Waals surface area contributed by atoms with Crippen molar-refractivity contribution in [2.75, 3.05) is 27.4 Å². The molecule has 8 heteroatoms. The second-order valence-corrected chi connectivity index (χ2v) is 6.31. The molecule has 0 saturated heterocycles. The Morgan fingerprint density at radius 3 is 2.56 bits per heavy atom. The van der Waals surface area contributed by atoms with Gasteiger partial charge >= 0.3 is 0 Å². The number of hydrazone groups is 1. The summed E-state index contributed by atoms with van der Waals surface area (Å²) >= 11 is 11.3. The summed E-state index contributed by atoms with van der Waals surface area (Å²) < 4.78 is 16.8. The van der Waals surface area contributed by atoms with Crippen LogP contribution in [0.2, 0.25) is 5.02 Å². The summed E-state index contributed by atoms with van der Waals surface area (Å²) in [5.41, 5.74) is 4.60. The average molecular weight is 408 g/mol. The molecule has 0 aliphatic rings. The first-order valence-electron chi connectivity index (χ1n) is 8.24. The van der Waals surface area contributed by atoms with Crippen molar-refractivity contribution in [1.82, 2.24) is 10.7 Å². The molecule has 6 nitrogen and oxygen atoms in total. The number of hydrogen-bond acceptors (Lipinski definition) is 5. The molecule has 0 aliphatic heterocycles. The molecule has 0 unspecified atom stereocenters. The van der Waals surface area contributed by atoms with Gasteiger partial charge < -0.3 is 19.5 Å². The molecule has 2 N–H and O–H groups in total. The Labute approximate surface area is 169 Å². The fourth-order valence-corrected chi connectivity index (χ4v) is 2.44. The minimum atomic E-state index is 0.329. The predicted molar refractivity (Wildman–Crippen MR) is 113 cm³/mol. The Bertz CT molecular complexity index is 798. The standard InChI is InChI=1S/C19H22ClN3O3S/c1-13-4-6-15(7-5-13)25-8-9-26-18-16(20)10-14(11-17(18)24-3)12-22-23-19(27)21-2/h4-7,10-12H,8-9H2,1-3H3,(H2,21,23,27)/b22-12+. The summed E-state index contributed by atoms with van der Waals surface area (Å²) in [5, 5.41) is 7.61. The number of nitrogens with one attached hydrogen (secondary N) is 2. The quantitative estimate of drug-likeness (QED) is 0.302.